The fourth-order valence-electron chi connectivity index (χ4n) is 8.00. The fraction of sp³-hybridized carbons (Fsp3) is 0. The SMILES string of the molecule is c1ccc(-c2ccc(N(c3cccc(-c4cccc5ccccc45)c3)c3cc4ccccc4c4c3ccc3ccc5ccccc5c34)cc2)cc1. The highest BCUT2D eigenvalue weighted by atomic mass is 15.1. The van der Waals surface area contributed by atoms with Crippen LogP contribution in [-0.2, 0) is 0 Å². The number of nitrogens with zero attached hydrogens (tertiary/aromatic N) is 1. The third-order valence-electron chi connectivity index (χ3n) is 10.4. The first-order valence-electron chi connectivity index (χ1n) is 17.6. The number of hydrogen-bond donors (Lipinski definition) is 0. The zero-order valence-corrected chi connectivity index (χ0v) is 28.0. The van der Waals surface area contributed by atoms with E-state index in [1.165, 1.54) is 76.1 Å². The summed E-state index contributed by atoms with van der Waals surface area (Å²) in [4.78, 5) is 2.45. The summed E-state index contributed by atoms with van der Waals surface area (Å²) < 4.78 is 0. The van der Waals surface area contributed by atoms with E-state index in [2.05, 4.69) is 205 Å². The van der Waals surface area contributed by atoms with E-state index in [0.717, 1.165) is 17.1 Å². The van der Waals surface area contributed by atoms with E-state index in [9.17, 15) is 0 Å². The summed E-state index contributed by atoms with van der Waals surface area (Å²) >= 11 is 0. The van der Waals surface area contributed by atoms with Crippen LogP contribution in [0.15, 0.2) is 200 Å². The molecule has 0 fully saturated rings. The Labute approximate surface area is 297 Å². The Balaban J connectivity index is 1.27. The van der Waals surface area contributed by atoms with Crippen LogP contribution in [0, 0.1) is 0 Å². The van der Waals surface area contributed by atoms with Gasteiger partial charge in [0.2, 0.25) is 0 Å². The molecule has 1 heteroatoms. The van der Waals surface area contributed by atoms with Crippen LogP contribution in [0.4, 0.5) is 17.1 Å². The Morgan fingerprint density at radius 1 is 0.275 bits per heavy atom. The maximum absolute atomic E-state index is 2.45. The molecule has 0 aliphatic heterocycles. The van der Waals surface area contributed by atoms with Crippen molar-refractivity contribution in [3.05, 3.63) is 200 Å². The third kappa shape index (κ3) is 4.94. The summed E-state index contributed by atoms with van der Waals surface area (Å²) in [5.74, 6) is 0. The predicted octanol–water partition coefficient (Wildman–Crippen LogP) is 14.3. The van der Waals surface area contributed by atoms with E-state index in [1.54, 1.807) is 0 Å². The lowest BCUT2D eigenvalue weighted by molar-refractivity contribution is 1.30. The minimum absolute atomic E-state index is 1.11. The molecular formula is C50H33N. The molecule has 0 aromatic heterocycles. The van der Waals surface area contributed by atoms with Crippen molar-refractivity contribution in [3.8, 4) is 22.3 Å². The molecule has 0 heterocycles. The summed E-state index contributed by atoms with van der Waals surface area (Å²) in [6, 6.07) is 73.1. The maximum atomic E-state index is 2.45. The van der Waals surface area contributed by atoms with Gasteiger partial charge in [-0.25, -0.2) is 0 Å². The van der Waals surface area contributed by atoms with Gasteiger partial charge in [-0.2, -0.15) is 0 Å². The van der Waals surface area contributed by atoms with Gasteiger partial charge in [0, 0.05) is 22.1 Å². The van der Waals surface area contributed by atoms with Crippen LogP contribution >= 0.6 is 0 Å². The molecule has 0 aliphatic carbocycles. The second-order valence-corrected chi connectivity index (χ2v) is 13.3. The molecule has 0 N–H and O–H groups in total. The average Bonchev–Trinajstić information content (AvgIpc) is 3.21. The first-order chi connectivity index (χ1) is 25.3. The van der Waals surface area contributed by atoms with Gasteiger partial charge in [-0.15, -0.1) is 0 Å². The summed E-state index contributed by atoms with van der Waals surface area (Å²) in [5.41, 5.74) is 8.21. The highest BCUT2D eigenvalue weighted by Gasteiger charge is 2.20. The van der Waals surface area contributed by atoms with Gasteiger partial charge in [-0.1, -0.05) is 170 Å². The van der Waals surface area contributed by atoms with Crippen molar-refractivity contribution in [1.82, 2.24) is 0 Å². The highest BCUT2D eigenvalue weighted by Crippen LogP contribution is 2.46. The van der Waals surface area contributed by atoms with Crippen LogP contribution in [0.3, 0.4) is 0 Å². The van der Waals surface area contributed by atoms with E-state index in [-0.39, 0.29) is 0 Å². The van der Waals surface area contributed by atoms with Crippen LogP contribution in [-0.4, -0.2) is 0 Å². The molecule has 1 nitrogen and oxygen atoms in total. The molecule has 0 unspecified atom stereocenters. The van der Waals surface area contributed by atoms with Gasteiger partial charge >= 0.3 is 0 Å². The van der Waals surface area contributed by atoms with E-state index in [4.69, 9.17) is 0 Å². The molecule has 0 radical (unpaired) electrons. The molecule has 10 rings (SSSR count). The molecule has 238 valence electrons. The standard InChI is InChI=1S/C50H33N/c1-2-12-34(13-3-1)35-26-29-41(30-27-35)51(42-19-10-18-39(32-42)44-23-11-17-36-14-4-7-20-43(36)44)48-33-40-16-6-9-22-46(40)50-47(48)31-28-38-25-24-37-15-5-8-21-45(37)49(38)50/h1-33H. The Morgan fingerprint density at radius 2 is 0.843 bits per heavy atom. The van der Waals surface area contributed by atoms with Crippen LogP contribution in [0.5, 0.6) is 0 Å². The Morgan fingerprint density at radius 3 is 1.65 bits per heavy atom. The fourth-order valence-corrected chi connectivity index (χ4v) is 8.00. The van der Waals surface area contributed by atoms with Crippen LogP contribution in [0.25, 0.3) is 76.1 Å². The third-order valence-corrected chi connectivity index (χ3v) is 10.4. The molecule has 0 atom stereocenters. The molecule has 51 heavy (non-hydrogen) atoms. The molecule has 0 amide bonds. The summed E-state index contributed by atoms with van der Waals surface area (Å²) in [6.07, 6.45) is 0. The maximum Gasteiger partial charge on any atom is 0.0546 e. The summed E-state index contributed by atoms with van der Waals surface area (Å²) in [6.45, 7) is 0. The largest absolute Gasteiger partial charge is 0.310 e. The topological polar surface area (TPSA) is 3.24 Å². The van der Waals surface area contributed by atoms with Crippen LogP contribution in [0.2, 0.25) is 0 Å². The monoisotopic (exact) mass is 647 g/mol. The molecule has 0 saturated heterocycles. The van der Waals surface area contributed by atoms with Crippen molar-refractivity contribution < 1.29 is 0 Å². The van der Waals surface area contributed by atoms with E-state index in [1.807, 2.05) is 0 Å². The van der Waals surface area contributed by atoms with Gasteiger partial charge < -0.3 is 4.90 Å². The molecule has 0 spiro atoms. The Hall–Kier alpha value is -6.70. The number of benzene rings is 10. The number of anilines is 3. The van der Waals surface area contributed by atoms with Gasteiger partial charge in [0.1, 0.15) is 0 Å². The number of rotatable bonds is 5. The number of hydrogen-bond acceptors (Lipinski definition) is 1. The van der Waals surface area contributed by atoms with Gasteiger partial charge in [-0.05, 0) is 95.7 Å². The summed E-state index contributed by atoms with van der Waals surface area (Å²) in [5, 5.41) is 12.6. The van der Waals surface area contributed by atoms with Gasteiger partial charge in [0.05, 0.1) is 5.69 Å². The number of fused-ring (bicyclic) bond motifs is 8. The first kappa shape index (κ1) is 29.2. The Kier molecular flexibility index (Phi) is 6.89. The lowest BCUT2D eigenvalue weighted by atomic mass is 9.91. The van der Waals surface area contributed by atoms with Crippen molar-refractivity contribution in [1.29, 1.82) is 0 Å². The summed E-state index contributed by atoms with van der Waals surface area (Å²) in [7, 11) is 0. The molecule has 0 bridgehead atoms. The molecule has 10 aromatic rings. The first-order valence-corrected chi connectivity index (χ1v) is 17.6. The van der Waals surface area contributed by atoms with Crippen LogP contribution < -0.4 is 4.90 Å². The minimum Gasteiger partial charge on any atom is -0.310 e. The zero-order valence-electron chi connectivity index (χ0n) is 28.0. The normalized spacial score (nSPS) is 11.5. The van der Waals surface area contributed by atoms with E-state index < -0.39 is 0 Å². The van der Waals surface area contributed by atoms with Gasteiger partial charge in [-0.3, -0.25) is 0 Å². The predicted molar refractivity (Wildman–Crippen MR) is 220 cm³/mol. The van der Waals surface area contributed by atoms with Crippen molar-refractivity contribution in [3.63, 3.8) is 0 Å². The Bertz CT molecular complexity index is 2900. The van der Waals surface area contributed by atoms with Crippen molar-refractivity contribution in [2.45, 2.75) is 0 Å². The highest BCUT2D eigenvalue weighted by molar-refractivity contribution is 6.30. The van der Waals surface area contributed by atoms with Gasteiger partial charge in [0.25, 0.3) is 0 Å². The van der Waals surface area contributed by atoms with Crippen molar-refractivity contribution in [2.24, 2.45) is 0 Å². The van der Waals surface area contributed by atoms with Crippen molar-refractivity contribution >= 4 is 70.9 Å². The molecular weight excluding hydrogens is 615 g/mol. The van der Waals surface area contributed by atoms with E-state index in [0.29, 0.717) is 0 Å². The molecule has 0 saturated carbocycles. The van der Waals surface area contributed by atoms with Crippen LogP contribution in [0.1, 0.15) is 0 Å². The zero-order chi connectivity index (χ0) is 33.7. The molecule has 10 aromatic carbocycles. The quantitative estimate of drug-likeness (QED) is 0.168. The van der Waals surface area contributed by atoms with Gasteiger partial charge in [0.15, 0.2) is 0 Å². The minimum atomic E-state index is 1.11. The second kappa shape index (κ2) is 12.0. The second-order valence-electron chi connectivity index (χ2n) is 13.3. The van der Waals surface area contributed by atoms with E-state index >= 15 is 0 Å². The lowest BCUT2D eigenvalue weighted by Crippen LogP contribution is -2.11. The average molecular weight is 648 g/mol. The molecule has 0 aliphatic rings. The smallest absolute Gasteiger partial charge is 0.0546 e. The van der Waals surface area contributed by atoms with Crippen molar-refractivity contribution in [2.75, 3.05) is 4.90 Å². The lowest BCUT2D eigenvalue weighted by Gasteiger charge is -2.28.